The molecule has 0 aliphatic carbocycles. The van der Waals surface area contributed by atoms with Crippen molar-refractivity contribution < 1.29 is 17.6 Å². The van der Waals surface area contributed by atoms with E-state index in [2.05, 4.69) is 15.0 Å². The highest BCUT2D eigenvalue weighted by atomic mass is 32.2. The van der Waals surface area contributed by atoms with Crippen LogP contribution in [0.1, 0.15) is 25.0 Å². The summed E-state index contributed by atoms with van der Waals surface area (Å²) >= 11 is 0. The first kappa shape index (κ1) is 17.2. The molecule has 0 radical (unpaired) electrons. The van der Waals surface area contributed by atoms with Gasteiger partial charge in [-0.15, -0.1) is 4.40 Å². The van der Waals surface area contributed by atoms with E-state index in [0.29, 0.717) is 12.2 Å². The van der Waals surface area contributed by atoms with Crippen LogP contribution < -0.4 is 10.6 Å². The molecule has 1 aliphatic rings. The molecule has 1 aromatic heterocycles. The highest BCUT2D eigenvalue weighted by Crippen LogP contribution is 2.27. The summed E-state index contributed by atoms with van der Waals surface area (Å²) in [5.41, 5.74) is 0.492. The van der Waals surface area contributed by atoms with Crippen molar-refractivity contribution in [1.82, 2.24) is 5.32 Å². The number of amides is 1. The number of carbonyl (C=O) groups is 1. The molecule has 8 heteroatoms. The Balaban J connectivity index is 1.45. The Morgan fingerprint density at radius 1 is 1.16 bits per heavy atom. The normalized spacial score (nSPS) is 15.0. The second kappa shape index (κ2) is 7.52. The molecule has 0 bridgehead atoms. The average Bonchev–Trinajstić information content (AvgIpc) is 3.10. The molecular formula is C17H19N3O4S. The minimum absolute atomic E-state index is 0.139. The lowest BCUT2D eigenvalue weighted by Crippen LogP contribution is -2.27. The van der Waals surface area contributed by atoms with E-state index in [9.17, 15) is 13.2 Å². The van der Waals surface area contributed by atoms with Gasteiger partial charge >= 0.3 is 0 Å². The Kier molecular flexibility index (Phi) is 5.18. The molecule has 2 N–H and O–H groups in total. The van der Waals surface area contributed by atoms with Crippen LogP contribution in [0.25, 0.3) is 0 Å². The van der Waals surface area contributed by atoms with Crippen molar-refractivity contribution in [2.45, 2.75) is 30.6 Å². The SMILES string of the molecule is O=C(CCC1=NS(=O)(=O)c2ccccc2N1)NCCCc1ccco1. The molecule has 0 atom stereocenters. The van der Waals surface area contributed by atoms with Crippen LogP contribution in [0, 0.1) is 0 Å². The highest BCUT2D eigenvalue weighted by Gasteiger charge is 2.24. The maximum atomic E-state index is 12.1. The second-order valence-corrected chi connectivity index (χ2v) is 7.24. The second-order valence-electron chi connectivity index (χ2n) is 5.67. The summed E-state index contributed by atoms with van der Waals surface area (Å²) < 4.78 is 33.2. The molecule has 2 heterocycles. The van der Waals surface area contributed by atoms with Gasteiger partial charge in [0.25, 0.3) is 10.0 Å². The molecular weight excluding hydrogens is 342 g/mol. The van der Waals surface area contributed by atoms with Crippen molar-refractivity contribution in [3.05, 3.63) is 48.4 Å². The van der Waals surface area contributed by atoms with Crippen LogP contribution >= 0.6 is 0 Å². The predicted molar refractivity (Wildman–Crippen MR) is 94.0 cm³/mol. The number of benzene rings is 1. The molecule has 1 aromatic carbocycles. The van der Waals surface area contributed by atoms with Crippen molar-refractivity contribution in [2.24, 2.45) is 4.40 Å². The van der Waals surface area contributed by atoms with Gasteiger partial charge in [0.1, 0.15) is 16.5 Å². The molecule has 0 spiro atoms. The van der Waals surface area contributed by atoms with E-state index < -0.39 is 10.0 Å². The van der Waals surface area contributed by atoms with Gasteiger partial charge in [-0.2, -0.15) is 8.42 Å². The third kappa shape index (κ3) is 4.48. The van der Waals surface area contributed by atoms with Gasteiger partial charge in [-0.25, -0.2) is 0 Å². The van der Waals surface area contributed by atoms with E-state index >= 15 is 0 Å². The topological polar surface area (TPSA) is 101 Å². The zero-order valence-corrected chi connectivity index (χ0v) is 14.4. The lowest BCUT2D eigenvalue weighted by Gasteiger charge is -2.17. The number of anilines is 1. The molecule has 7 nitrogen and oxygen atoms in total. The van der Waals surface area contributed by atoms with E-state index in [1.54, 1.807) is 24.5 Å². The molecule has 0 saturated carbocycles. The summed E-state index contributed by atoms with van der Waals surface area (Å²) in [4.78, 5) is 12.0. The van der Waals surface area contributed by atoms with Crippen molar-refractivity contribution in [3.8, 4) is 0 Å². The number of carbonyl (C=O) groups excluding carboxylic acids is 1. The van der Waals surface area contributed by atoms with Gasteiger partial charge < -0.3 is 15.1 Å². The van der Waals surface area contributed by atoms with Crippen LogP contribution in [-0.2, 0) is 21.2 Å². The van der Waals surface area contributed by atoms with Crippen LogP contribution in [0.2, 0.25) is 0 Å². The monoisotopic (exact) mass is 361 g/mol. The van der Waals surface area contributed by atoms with E-state index in [0.717, 1.165) is 18.6 Å². The Bertz CT molecular complexity index is 873. The lowest BCUT2D eigenvalue weighted by molar-refractivity contribution is -0.120. The number of nitrogens with zero attached hydrogens (tertiary/aromatic N) is 1. The molecule has 2 aromatic rings. The van der Waals surface area contributed by atoms with Crippen LogP contribution in [0.5, 0.6) is 0 Å². The minimum atomic E-state index is -3.70. The van der Waals surface area contributed by atoms with Crippen molar-refractivity contribution in [2.75, 3.05) is 11.9 Å². The molecule has 25 heavy (non-hydrogen) atoms. The highest BCUT2D eigenvalue weighted by molar-refractivity contribution is 7.90. The number of para-hydroxylation sites is 1. The smallest absolute Gasteiger partial charge is 0.286 e. The molecule has 3 rings (SSSR count). The quantitative estimate of drug-likeness (QED) is 0.737. The number of hydrogen-bond acceptors (Lipinski definition) is 5. The molecule has 0 saturated heterocycles. The van der Waals surface area contributed by atoms with Crippen LogP contribution in [0.3, 0.4) is 0 Å². The number of hydrogen-bond donors (Lipinski definition) is 2. The Labute approximate surface area is 146 Å². The average molecular weight is 361 g/mol. The maximum Gasteiger partial charge on any atom is 0.286 e. The first-order valence-electron chi connectivity index (χ1n) is 8.03. The summed E-state index contributed by atoms with van der Waals surface area (Å²) in [7, 11) is -3.70. The van der Waals surface area contributed by atoms with E-state index in [1.165, 1.54) is 6.07 Å². The molecule has 1 amide bonds. The van der Waals surface area contributed by atoms with Crippen LogP contribution in [0.4, 0.5) is 5.69 Å². The number of nitrogens with one attached hydrogen (secondary N) is 2. The van der Waals surface area contributed by atoms with Crippen molar-refractivity contribution in [1.29, 1.82) is 0 Å². The first-order valence-corrected chi connectivity index (χ1v) is 9.47. The van der Waals surface area contributed by atoms with Gasteiger partial charge in [-0.3, -0.25) is 4.79 Å². The van der Waals surface area contributed by atoms with Crippen molar-refractivity contribution >= 4 is 27.5 Å². The third-order valence-corrected chi connectivity index (χ3v) is 5.14. The zero-order valence-electron chi connectivity index (χ0n) is 13.6. The molecule has 1 aliphatic heterocycles. The number of amidine groups is 1. The van der Waals surface area contributed by atoms with Gasteiger partial charge in [0.15, 0.2) is 0 Å². The third-order valence-electron chi connectivity index (χ3n) is 3.77. The van der Waals surface area contributed by atoms with Gasteiger partial charge in [-0.05, 0) is 30.7 Å². The Morgan fingerprint density at radius 3 is 2.80 bits per heavy atom. The van der Waals surface area contributed by atoms with Gasteiger partial charge in [-0.1, -0.05) is 12.1 Å². The fourth-order valence-electron chi connectivity index (χ4n) is 2.54. The number of aryl methyl sites for hydroxylation is 1. The summed E-state index contributed by atoms with van der Waals surface area (Å²) in [6, 6.07) is 10.3. The number of rotatable bonds is 7. The molecule has 0 unspecified atom stereocenters. The van der Waals surface area contributed by atoms with Gasteiger partial charge in [0.2, 0.25) is 5.91 Å². The summed E-state index contributed by atoms with van der Waals surface area (Å²) in [5.74, 6) is 1.03. The zero-order chi connectivity index (χ0) is 17.7. The number of sulfonamides is 1. The van der Waals surface area contributed by atoms with E-state index in [1.807, 2.05) is 12.1 Å². The predicted octanol–water partition coefficient (Wildman–Crippen LogP) is 2.32. The summed E-state index contributed by atoms with van der Waals surface area (Å²) in [5, 5.41) is 5.78. The minimum Gasteiger partial charge on any atom is -0.469 e. The lowest BCUT2D eigenvalue weighted by atomic mass is 10.2. The van der Waals surface area contributed by atoms with Crippen LogP contribution in [0.15, 0.2) is 56.4 Å². The van der Waals surface area contributed by atoms with Crippen molar-refractivity contribution in [3.63, 3.8) is 0 Å². The van der Waals surface area contributed by atoms with E-state index in [-0.39, 0.29) is 29.5 Å². The maximum absolute atomic E-state index is 12.1. The number of fused-ring (bicyclic) bond motifs is 1. The van der Waals surface area contributed by atoms with E-state index in [4.69, 9.17) is 4.42 Å². The first-order chi connectivity index (χ1) is 12.0. The molecule has 0 fully saturated rings. The number of furan rings is 1. The summed E-state index contributed by atoms with van der Waals surface area (Å²) in [6.45, 7) is 0.542. The van der Waals surface area contributed by atoms with Crippen LogP contribution in [-0.4, -0.2) is 26.7 Å². The molecule has 132 valence electrons. The van der Waals surface area contributed by atoms with Gasteiger partial charge in [0, 0.05) is 25.8 Å². The largest absolute Gasteiger partial charge is 0.469 e. The Hall–Kier alpha value is -2.61. The standard InChI is InChI=1S/C17H19N3O4S/c21-17(18-11-3-5-13-6-4-12-24-13)10-9-16-19-14-7-1-2-8-15(14)25(22,23)20-16/h1-2,4,6-8,12H,3,5,9-11H2,(H,18,21)(H,19,20). The summed E-state index contributed by atoms with van der Waals surface area (Å²) in [6.07, 6.45) is 3.57. The fraction of sp³-hybridized carbons (Fsp3) is 0.294. The Morgan fingerprint density at radius 2 is 2.00 bits per heavy atom. The fourth-order valence-corrected chi connectivity index (χ4v) is 3.71. The van der Waals surface area contributed by atoms with Gasteiger partial charge in [0.05, 0.1) is 12.0 Å².